The van der Waals surface area contributed by atoms with Crippen molar-refractivity contribution in [3.05, 3.63) is 54.1 Å². The van der Waals surface area contributed by atoms with Crippen LogP contribution in [0, 0.1) is 5.92 Å². The lowest BCUT2D eigenvalue weighted by Gasteiger charge is -2.39. The molecule has 2 fully saturated rings. The van der Waals surface area contributed by atoms with E-state index in [0.717, 1.165) is 64.9 Å². The smallest absolute Gasteiger partial charge is 0.194 e. The molecule has 1 N–H and O–H groups in total. The Bertz CT molecular complexity index is 837. The Morgan fingerprint density at radius 3 is 2.69 bits per heavy atom. The fourth-order valence-electron chi connectivity index (χ4n) is 4.55. The number of piperidine rings is 1. The molecule has 2 unspecified atom stereocenters. The van der Waals surface area contributed by atoms with Gasteiger partial charge in [0.25, 0.3) is 0 Å². The van der Waals surface area contributed by atoms with Gasteiger partial charge in [0.1, 0.15) is 0 Å². The van der Waals surface area contributed by atoms with Gasteiger partial charge in [0, 0.05) is 51.7 Å². The number of likely N-dealkylation sites (tertiary alicyclic amines) is 1. The first-order valence-corrected chi connectivity index (χ1v) is 11.6. The van der Waals surface area contributed by atoms with Crippen LogP contribution in [0.2, 0.25) is 0 Å². The second-order valence-corrected chi connectivity index (χ2v) is 8.62. The highest BCUT2D eigenvalue weighted by Crippen LogP contribution is 2.27. The zero-order chi connectivity index (χ0) is 21.5. The Balaban J connectivity index is 0.00000289. The summed E-state index contributed by atoms with van der Waals surface area (Å²) in [5, 5.41) is 3.53. The van der Waals surface area contributed by atoms with Crippen molar-refractivity contribution in [3.63, 3.8) is 0 Å². The van der Waals surface area contributed by atoms with Crippen molar-refractivity contribution in [1.82, 2.24) is 24.7 Å². The molecular weight excluding hydrogens is 515 g/mol. The van der Waals surface area contributed by atoms with E-state index in [0.29, 0.717) is 18.5 Å². The predicted octanol–water partition coefficient (Wildman–Crippen LogP) is 3.38. The molecule has 0 bridgehead atoms. The van der Waals surface area contributed by atoms with Crippen LogP contribution in [-0.2, 0) is 17.8 Å². The molecule has 2 aromatic rings. The Morgan fingerprint density at radius 2 is 1.97 bits per heavy atom. The quantitative estimate of drug-likeness (QED) is 0.339. The van der Waals surface area contributed by atoms with Gasteiger partial charge in [0.05, 0.1) is 32.1 Å². The highest BCUT2D eigenvalue weighted by molar-refractivity contribution is 14.0. The molecule has 0 aliphatic carbocycles. The number of nitrogens with one attached hydrogen (secondary N) is 1. The average Bonchev–Trinajstić information content (AvgIpc) is 3.33. The van der Waals surface area contributed by atoms with Crippen LogP contribution < -0.4 is 5.32 Å². The van der Waals surface area contributed by atoms with Crippen LogP contribution in [-0.4, -0.2) is 71.2 Å². The monoisotopic (exact) mass is 552 g/mol. The summed E-state index contributed by atoms with van der Waals surface area (Å²) >= 11 is 0. The molecule has 2 atom stereocenters. The van der Waals surface area contributed by atoms with Gasteiger partial charge in [-0.05, 0) is 30.4 Å². The van der Waals surface area contributed by atoms with E-state index in [-0.39, 0.29) is 24.0 Å². The van der Waals surface area contributed by atoms with Crippen LogP contribution in [0.5, 0.6) is 0 Å². The first-order valence-electron chi connectivity index (χ1n) is 11.6. The number of morpholine rings is 1. The fourth-order valence-corrected chi connectivity index (χ4v) is 4.55. The number of benzene rings is 1. The summed E-state index contributed by atoms with van der Waals surface area (Å²) in [5.74, 6) is 1.64. The molecule has 0 spiro atoms. The van der Waals surface area contributed by atoms with Crippen molar-refractivity contribution in [3.8, 4) is 0 Å². The van der Waals surface area contributed by atoms with E-state index in [2.05, 4.69) is 69.0 Å². The number of imidazole rings is 1. The number of hydrogen-bond donors (Lipinski definition) is 1. The Kier molecular flexibility index (Phi) is 9.80. The summed E-state index contributed by atoms with van der Waals surface area (Å²) in [6.07, 6.45) is 7.05. The minimum Gasteiger partial charge on any atom is -0.379 e. The van der Waals surface area contributed by atoms with Gasteiger partial charge in [0.15, 0.2) is 5.96 Å². The van der Waals surface area contributed by atoms with Crippen molar-refractivity contribution in [2.24, 2.45) is 10.9 Å². The van der Waals surface area contributed by atoms with E-state index in [1.807, 2.05) is 12.5 Å². The van der Waals surface area contributed by atoms with Gasteiger partial charge < -0.3 is 19.5 Å². The molecule has 2 aliphatic heterocycles. The molecule has 1 aromatic heterocycles. The first kappa shape index (κ1) is 25.0. The maximum Gasteiger partial charge on any atom is 0.194 e. The Morgan fingerprint density at radius 1 is 1.19 bits per heavy atom. The van der Waals surface area contributed by atoms with Gasteiger partial charge in [-0.15, -0.1) is 24.0 Å². The number of hydrogen-bond acceptors (Lipinski definition) is 4. The molecule has 4 rings (SSSR count). The van der Waals surface area contributed by atoms with Gasteiger partial charge in [-0.1, -0.05) is 31.2 Å². The molecule has 2 saturated heterocycles. The predicted molar refractivity (Wildman–Crippen MR) is 139 cm³/mol. The average molecular weight is 553 g/mol. The third-order valence-corrected chi connectivity index (χ3v) is 6.48. The number of nitrogens with zero attached hydrogens (tertiary/aromatic N) is 5. The highest BCUT2D eigenvalue weighted by atomic mass is 127. The standard InChI is InChI=1S/C24H36N6O.HI/c1-3-26-24(29-10-8-20(2)23(18-29)30-11-9-25-19-30)27-16-21-6-4-5-7-22(21)17-28-12-14-31-15-13-28;/h4-7,9,11,19-20,23H,3,8,10,12-18H2,1-2H3,(H,26,27);1H. The molecule has 0 radical (unpaired) electrons. The van der Waals surface area contributed by atoms with Crippen LogP contribution in [0.3, 0.4) is 0 Å². The minimum atomic E-state index is 0. The Hall–Kier alpha value is -1.65. The van der Waals surface area contributed by atoms with Crippen molar-refractivity contribution < 1.29 is 4.74 Å². The Labute approximate surface area is 209 Å². The number of rotatable bonds is 6. The second-order valence-electron chi connectivity index (χ2n) is 8.62. The van der Waals surface area contributed by atoms with E-state index in [1.54, 1.807) is 0 Å². The largest absolute Gasteiger partial charge is 0.379 e. The second kappa shape index (κ2) is 12.6. The SMILES string of the molecule is CCNC(=NCc1ccccc1CN1CCOCC1)N1CCC(C)C(n2ccnc2)C1.I. The summed E-state index contributed by atoms with van der Waals surface area (Å²) in [7, 11) is 0. The lowest BCUT2D eigenvalue weighted by atomic mass is 9.93. The number of ether oxygens (including phenoxy) is 1. The maximum atomic E-state index is 5.50. The van der Waals surface area contributed by atoms with Gasteiger partial charge in [0.2, 0.25) is 0 Å². The lowest BCUT2D eigenvalue weighted by Crippen LogP contribution is -2.49. The number of aromatic nitrogens is 2. The number of halogens is 1. The van der Waals surface area contributed by atoms with E-state index in [1.165, 1.54) is 11.1 Å². The minimum absolute atomic E-state index is 0. The molecule has 2 aliphatic rings. The normalized spacial score (nSPS) is 22.4. The fraction of sp³-hybridized carbons (Fsp3) is 0.583. The highest BCUT2D eigenvalue weighted by Gasteiger charge is 2.29. The van der Waals surface area contributed by atoms with Crippen LogP contribution in [0.25, 0.3) is 0 Å². The van der Waals surface area contributed by atoms with Crippen molar-refractivity contribution in [2.75, 3.05) is 45.9 Å². The third-order valence-electron chi connectivity index (χ3n) is 6.48. The number of guanidine groups is 1. The molecule has 8 heteroatoms. The molecule has 0 amide bonds. The summed E-state index contributed by atoms with van der Waals surface area (Å²) in [4.78, 5) is 14.2. The van der Waals surface area contributed by atoms with Crippen molar-refractivity contribution in [1.29, 1.82) is 0 Å². The zero-order valence-electron chi connectivity index (χ0n) is 19.3. The van der Waals surface area contributed by atoms with E-state index in [4.69, 9.17) is 9.73 Å². The zero-order valence-corrected chi connectivity index (χ0v) is 21.7. The first-order chi connectivity index (χ1) is 15.2. The summed E-state index contributed by atoms with van der Waals surface area (Å²) < 4.78 is 7.75. The number of aliphatic imine (C=N–C) groups is 1. The van der Waals surface area contributed by atoms with E-state index < -0.39 is 0 Å². The van der Waals surface area contributed by atoms with Crippen LogP contribution >= 0.6 is 24.0 Å². The van der Waals surface area contributed by atoms with Crippen molar-refractivity contribution in [2.45, 2.75) is 39.4 Å². The molecular formula is C24H37IN6O. The molecule has 176 valence electrons. The van der Waals surface area contributed by atoms with Gasteiger partial charge in [-0.3, -0.25) is 4.90 Å². The summed E-state index contributed by atoms with van der Waals surface area (Å²) in [6, 6.07) is 9.14. The summed E-state index contributed by atoms with van der Waals surface area (Å²) in [5.41, 5.74) is 2.67. The van der Waals surface area contributed by atoms with Crippen LogP contribution in [0.15, 0.2) is 48.0 Å². The van der Waals surface area contributed by atoms with Gasteiger partial charge in [-0.2, -0.15) is 0 Å². The van der Waals surface area contributed by atoms with Crippen LogP contribution in [0.1, 0.15) is 37.4 Å². The molecule has 32 heavy (non-hydrogen) atoms. The molecule has 7 nitrogen and oxygen atoms in total. The van der Waals surface area contributed by atoms with E-state index in [9.17, 15) is 0 Å². The van der Waals surface area contributed by atoms with E-state index >= 15 is 0 Å². The van der Waals surface area contributed by atoms with Gasteiger partial charge >= 0.3 is 0 Å². The molecule has 0 saturated carbocycles. The van der Waals surface area contributed by atoms with Crippen molar-refractivity contribution >= 4 is 29.9 Å². The maximum absolute atomic E-state index is 5.50. The summed E-state index contributed by atoms with van der Waals surface area (Å²) in [6.45, 7) is 12.7. The molecule has 3 heterocycles. The van der Waals surface area contributed by atoms with Gasteiger partial charge in [-0.25, -0.2) is 9.98 Å². The van der Waals surface area contributed by atoms with Crippen LogP contribution in [0.4, 0.5) is 0 Å². The third kappa shape index (κ3) is 6.45. The lowest BCUT2D eigenvalue weighted by molar-refractivity contribution is 0.0341. The topological polar surface area (TPSA) is 57.9 Å². The molecule has 1 aromatic carbocycles.